The van der Waals surface area contributed by atoms with Gasteiger partial charge in [-0.05, 0) is 19.3 Å². The highest BCUT2D eigenvalue weighted by molar-refractivity contribution is 5.07. The topological polar surface area (TPSA) is 12.0 Å². The standard InChI is InChI=1S/C8H15N/c1-3-8-6-9-5-4-7(8)2/h4,8-9H,3,5-6H2,1-2H3. The highest BCUT2D eigenvalue weighted by Crippen LogP contribution is 2.15. The van der Waals surface area contributed by atoms with E-state index in [-0.39, 0.29) is 0 Å². The van der Waals surface area contributed by atoms with Gasteiger partial charge in [0.25, 0.3) is 0 Å². The molecule has 0 spiro atoms. The largest absolute Gasteiger partial charge is 0.313 e. The van der Waals surface area contributed by atoms with Crippen LogP contribution in [0.3, 0.4) is 0 Å². The Labute approximate surface area is 57.1 Å². The molecule has 0 fully saturated rings. The van der Waals surface area contributed by atoms with Gasteiger partial charge in [-0.2, -0.15) is 0 Å². The van der Waals surface area contributed by atoms with E-state index in [1.54, 1.807) is 5.57 Å². The minimum Gasteiger partial charge on any atom is -0.313 e. The Morgan fingerprint density at radius 2 is 2.56 bits per heavy atom. The monoisotopic (exact) mass is 125 g/mol. The quantitative estimate of drug-likeness (QED) is 0.524. The molecule has 1 aliphatic heterocycles. The molecule has 1 nitrogen and oxygen atoms in total. The van der Waals surface area contributed by atoms with E-state index in [9.17, 15) is 0 Å². The van der Waals surface area contributed by atoms with E-state index in [1.165, 1.54) is 13.0 Å². The van der Waals surface area contributed by atoms with Crippen molar-refractivity contribution in [2.75, 3.05) is 13.1 Å². The second kappa shape index (κ2) is 3.02. The number of nitrogens with one attached hydrogen (secondary N) is 1. The summed E-state index contributed by atoms with van der Waals surface area (Å²) in [5.74, 6) is 0.804. The van der Waals surface area contributed by atoms with Crippen LogP contribution in [0.15, 0.2) is 11.6 Å². The molecule has 52 valence electrons. The van der Waals surface area contributed by atoms with E-state index in [0.29, 0.717) is 0 Å². The maximum atomic E-state index is 3.34. The first-order valence-corrected chi connectivity index (χ1v) is 3.72. The fourth-order valence-electron chi connectivity index (χ4n) is 1.28. The molecule has 0 aromatic rings. The van der Waals surface area contributed by atoms with Gasteiger partial charge in [-0.25, -0.2) is 0 Å². The van der Waals surface area contributed by atoms with Crippen molar-refractivity contribution in [3.05, 3.63) is 11.6 Å². The first kappa shape index (κ1) is 6.81. The third-order valence-corrected chi connectivity index (χ3v) is 2.10. The van der Waals surface area contributed by atoms with Crippen molar-refractivity contribution in [2.45, 2.75) is 20.3 Å². The van der Waals surface area contributed by atoms with E-state index >= 15 is 0 Å². The predicted octanol–water partition coefficient (Wildman–Crippen LogP) is 1.56. The number of rotatable bonds is 1. The molecule has 1 aliphatic rings. The number of hydrogen-bond donors (Lipinski definition) is 1. The molecule has 1 atom stereocenters. The van der Waals surface area contributed by atoms with Crippen molar-refractivity contribution < 1.29 is 0 Å². The maximum absolute atomic E-state index is 3.34. The second-order valence-electron chi connectivity index (χ2n) is 2.71. The lowest BCUT2D eigenvalue weighted by Gasteiger charge is -2.20. The zero-order valence-corrected chi connectivity index (χ0v) is 6.28. The zero-order valence-electron chi connectivity index (χ0n) is 6.28. The molecule has 0 saturated carbocycles. The van der Waals surface area contributed by atoms with Crippen molar-refractivity contribution >= 4 is 0 Å². The van der Waals surface area contributed by atoms with Crippen molar-refractivity contribution in [2.24, 2.45) is 5.92 Å². The summed E-state index contributed by atoms with van der Waals surface area (Å²) in [5, 5.41) is 3.34. The summed E-state index contributed by atoms with van der Waals surface area (Å²) in [6.45, 7) is 6.73. The van der Waals surface area contributed by atoms with Crippen molar-refractivity contribution in [3.8, 4) is 0 Å². The molecule has 1 unspecified atom stereocenters. The van der Waals surface area contributed by atoms with Gasteiger partial charge in [0.15, 0.2) is 0 Å². The van der Waals surface area contributed by atoms with Crippen LogP contribution >= 0.6 is 0 Å². The molecule has 1 heterocycles. The first-order valence-electron chi connectivity index (χ1n) is 3.72. The molecule has 1 rings (SSSR count). The van der Waals surface area contributed by atoms with E-state index < -0.39 is 0 Å². The first-order chi connectivity index (χ1) is 4.34. The molecule has 0 aliphatic carbocycles. The Kier molecular flexibility index (Phi) is 2.29. The van der Waals surface area contributed by atoms with Crippen molar-refractivity contribution in [1.29, 1.82) is 0 Å². The maximum Gasteiger partial charge on any atom is 0.0137 e. The lowest BCUT2D eigenvalue weighted by Crippen LogP contribution is -2.28. The Morgan fingerprint density at radius 3 is 3.00 bits per heavy atom. The second-order valence-corrected chi connectivity index (χ2v) is 2.71. The molecule has 0 radical (unpaired) electrons. The minimum absolute atomic E-state index is 0.804. The fraction of sp³-hybridized carbons (Fsp3) is 0.750. The summed E-state index contributed by atoms with van der Waals surface area (Å²) in [5.41, 5.74) is 1.57. The Hall–Kier alpha value is -0.300. The molecule has 9 heavy (non-hydrogen) atoms. The van der Waals surface area contributed by atoms with Gasteiger partial charge in [0.05, 0.1) is 0 Å². The van der Waals surface area contributed by atoms with E-state index in [2.05, 4.69) is 25.2 Å². The SMILES string of the molecule is CCC1CNCC=C1C. The molecule has 0 amide bonds. The molecule has 1 heteroatoms. The average Bonchev–Trinajstić information content (AvgIpc) is 1.89. The summed E-state index contributed by atoms with van der Waals surface area (Å²) in [6.07, 6.45) is 3.56. The third-order valence-electron chi connectivity index (χ3n) is 2.10. The highest BCUT2D eigenvalue weighted by Gasteiger charge is 2.09. The van der Waals surface area contributed by atoms with Gasteiger partial charge >= 0.3 is 0 Å². The van der Waals surface area contributed by atoms with Crippen LogP contribution in [0.2, 0.25) is 0 Å². The van der Waals surface area contributed by atoms with Crippen LogP contribution in [0.4, 0.5) is 0 Å². The van der Waals surface area contributed by atoms with E-state index in [1.807, 2.05) is 0 Å². The van der Waals surface area contributed by atoms with Gasteiger partial charge in [0.1, 0.15) is 0 Å². The molecular formula is C8H15N. The van der Waals surface area contributed by atoms with Gasteiger partial charge < -0.3 is 5.32 Å². The minimum atomic E-state index is 0.804. The van der Waals surface area contributed by atoms with Crippen LogP contribution < -0.4 is 5.32 Å². The van der Waals surface area contributed by atoms with E-state index in [4.69, 9.17) is 0 Å². The van der Waals surface area contributed by atoms with Gasteiger partial charge in [-0.3, -0.25) is 0 Å². The van der Waals surface area contributed by atoms with Crippen LogP contribution in [-0.4, -0.2) is 13.1 Å². The van der Waals surface area contributed by atoms with E-state index in [0.717, 1.165) is 12.5 Å². The molecular weight excluding hydrogens is 110 g/mol. The van der Waals surface area contributed by atoms with Crippen LogP contribution in [-0.2, 0) is 0 Å². The summed E-state index contributed by atoms with van der Waals surface area (Å²) >= 11 is 0. The summed E-state index contributed by atoms with van der Waals surface area (Å²) in [6, 6.07) is 0. The number of hydrogen-bond acceptors (Lipinski definition) is 1. The third kappa shape index (κ3) is 1.55. The average molecular weight is 125 g/mol. The Bertz CT molecular complexity index is 116. The summed E-state index contributed by atoms with van der Waals surface area (Å²) < 4.78 is 0. The lowest BCUT2D eigenvalue weighted by atomic mass is 9.95. The zero-order chi connectivity index (χ0) is 6.69. The molecule has 1 N–H and O–H groups in total. The molecule has 0 saturated heterocycles. The Morgan fingerprint density at radius 1 is 1.78 bits per heavy atom. The molecule has 0 aromatic carbocycles. The van der Waals surface area contributed by atoms with Gasteiger partial charge in [-0.1, -0.05) is 18.6 Å². The Balaban J connectivity index is 2.50. The van der Waals surface area contributed by atoms with Gasteiger partial charge in [0.2, 0.25) is 0 Å². The smallest absolute Gasteiger partial charge is 0.0137 e. The lowest BCUT2D eigenvalue weighted by molar-refractivity contribution is 0.514. The normalized spacial score (nSPS) is 27.8. The molecule has 0 aromatic heterocycles. The highest BCUT2D eigenvalue weighted by atomic mass is 14.9. The van der Waals surface area contributed by atoms with Crippen LogP contribution in [0.25, 0.3) is 0 Å². The van der Waals surface area contributed by atoms with Crippen LogP contribution in [0, 0.1) is 5.92 Å². The predicted molar refractivity (Wildman–Crippen MR) is 40.4 cm³/mol. The van der Waals surface area contributed by atoms with Gasteiger partial charge in [-0.15, -0.1) is 0 Å². The van der Waals surface area contributed by atoms with Crippen LogP contribution in [0.5, 0.6) is 0 Å². The fourth-order valence-corrected chi connectivity index (χ4v) is 1.28. The van der Waals surface area contributed by atoms with Crippen molar-refractivity contribution in [1.82, 2.24) is 5.32 Å². The molecule has 0 bridgehead atoms. The summed E-state index contributed by atoms with van der Waals surface area (Å²) in [7, 11) is 0. The van der Waals surface area contributed by atoms with Crippen LogP contribution in [0.1, 0.15) is 20.3 Å². The van der Waals surface area contributed by atoms with Gasteiger partial charge in [0, 0.05) is 13.1 Å². The summed E-state index contributed by atoms with van der Waals surface area (Å²) in [4.78, 5) is 0. The van der Waals surface area contributed by atoms with Crippen molar-refractivity contribution in [3.63, 3.8) is 0 Å².